The van der Waals surface area contributed by atoms with Gasteiger partial charge in [0, 0.05) is 84.1 Å². The lowest BCUT2D eigenvalue weighted by molar-refractivity contribution is -0.135. The predicted molar refractivity (Wildman–Crippen MR) is 129 cm³/mol. The Hall–Kier alpha value is -1.77. The maximum atomic E-state index is 12.8. The zero-order chi connectivity index (χ0) is 22.6. The van der Waals surface area contributed by atoms with Gasteiger partial charge in [-0.25, -0.2) is 0 Å². The van der Waals surface area contributed by atoms with Crippen molar-refractivity contribution in [2.45, 2.75) is 57.2 Å². The molecule has 5 rings (SSSR count). The molecule has 0 radical (unpaired) electrons. The second-order valence-electron chi connectivity index (χ2n) is 10.3. The van der Waals surface area contributed by atoms with Gasteiger partial charge in [0.05, 0.1) is 12.1 Å². The van der Waals surface area contributed by atoms with E-state index in [2.05, 4.69) is 25.7 Å². The van der Waals surface area contributed by atoms with Crippen molar-refractivity contribution in [2.75, 3.05) is 72.0 Å². The van der Waals surface area contributed by atoms with Gasteiger partial charge in [-0.2, -0.15) is 0 Å². The van der Waals surface area contributed by atoms with E-state index in [1.165, 1.54) is 25.7 Å². The van der Waals surface area contributed by atoms with Crippen LogP contribution in [0.1, 0.15) is 44.9 Å². The lowest BCUT2D eigenvalue weighted by Crippen LogP contribution is -2.56. The largest absolute Gasteiger partial charge is 0.339 e. The summed E-state index contributed by atoms with van der Waals surface area (Å²) in [6, 6.07) is 0.784. The fourth-order valence-electron chi connectivity index (χ4n) is 5.78. The number of hydrogen-bond acceptors (Lipinski definition) is 6. The number of dihydropyridines is 1. The van der Waals surface area contributed by atoms with Gasteiger partial charge in [-0.1, -0.05) is 12.5 Å². The maximum Gasteiger partial charge on any atom is 0.255 e. The molecule has 0 aromatic carbocycles. The molecule has 1 unspecified atom stereocenters. The molecule has 182 valence electrons. The van der Waals surface area contributed by atoms with E-state index in [9.17, 15) is 9.59 Å². The van der Waals surface area contributed by atoms with Gasteiger partial charge in [-0.05, 0) is 32.1 Å². The molecule has 1 atom stereocenters. The van der Waals surface area contributed by atoms with E-state index in [4.69, 9.17) is 4.99 Å². The Kier molecular flexibility index (Phi) is 7.43. The molecule has 0 N–H and O–H groups in total. The summed E-state index contributed by atoms with van der Waals surface area (Å²) in [6.45, 7) is 9.81. The van der Waals surface area contributed by atoms with Crippen molar-refractivity contribution in [2.24, 2.45) is 4.99 Å². The molecule has 5 aliphatic rings. The number of carbonyl (C=O) groups is 2. The van der Waals surface area contributed by atoms with Crippen molar-refractivity contribution in [3.8, 4) is 0 Å². The molecule has 0 spiro atoms. The number of piperazine rings is 2. The molecule has 0 aromatic heterocycles. The molecule has 0 bridgehead atoms. The third kappa shape index (κ3) is 5.49. The number of piperidine rings is 1. The van der Waals surface area contributed by atoms with E-state index in [0.717, 1.165) is 96.3 Å². The number of nitrogens with zero attached hydrogens (tertiary/aromatic N) is 6. The first-order chi connectivity index (χ1) is 16.2. The summed E-state index contributed by atoms with van der Waals surface area (Å²) in [4.78, 5) is 41.6. The monoisotopic (exact) mass is 456 g/mol. The first-order valence-electron chi connectivity index (χ1n) is 13.2. The van der Waals surface area contributed by atoms with Crippen LogP contribution in [0.2, 0.25) is 0 Å². The van der Waals surface area contributed by atoms with Crippen LogP contribution in [0.15, 0.2) is 16.6 Å². The first-order valence-corrected chi connectivity index (χ1v) is 13.2. The van der Waals surface area contributed by atoms with Crippen molar-refractivity contribution in [1.82, 2.24) is 24.5 Å². The highest BCUT2D eigenvalue weighted by molar-refractivity contribution is 6.12. The second kappa shape index (κ2) is 10.7. The van der Waals surface area contributed by atoms with Crippen LogP contribution in [-0.2, 0) is 9.59 Å². The van der Waals surface area contributed by atoms with E-state index in [0.29, 0.717) is 6.54 Å². The van der Waals surface area contributed by atoms with Gasteiger partial charge in [-0.3, -0.25) is 29.3 Å². The summed E-state index contributed by atoms with van der Waals surface area (Å²) in [5, 5.41) is 0. The summed E-state index contributed by atoms with van der Waals surface area (Å²) in [6.07, 6.45) is 12.3. The summed E-state index contributed by atoms with van der Waals surface area (Å²) in [5.41, 5.74) is 0.759. The highest BCUT2D eigenvalue weighted by atomic mass is 16.2. The average Bonchev–Trinajstić information content (AvgIpc) is 2.84. The van der Waals surface area contributed by atoms with Gasteiger partial charge >= 0.3 is 0 Å². The topological polar surface area (TPSA) is 62.7 Å². The number of rotatable bonds is 5. The first kappa shape index (κ1) is 23.0. The van der Waals surface area contributed by atoms with Gasteiger partial charge in [0.2, 0.25) is 5.91 Å². The van der Waals surface area contributed by atoms with Gasteiger partial charge in [0.1, 0.15) is 6.17 Å². The SMILES string of the molecule is O=C(CN1CCN(C2CC=C(C(=O)N3CCCCC3)C=N2)CC1)N1CCN(C2CCC2)CC1. The molecule has 3 saturated heterocycles. The number of carbonyl (C=O) groups excluding carboxylic acids is 2. The van der Waals surface area contributed by atoms with Crippen molar-refractivity contribution >= 4 is 18.0 Å². The standard InChI is InChI=1S/C25H40N6O2/c32-24(30-17-15-28(16-18-30)22-5-4-6-22)20-27-11-13-29(14-12-27)23-8-7-21(19-26-23)25(33)31-9-2-1-3-10-31/h7,19,22-23H,1-6,8-18,20H2. The van der Waals surface area contributed by atoms with Gasteiger partial charge in [0.15, 0.2) is 0 Å². The Labute approximate surface area is 198 Å². The smallest absolute Gasteiger partial charge is 0.255 e. The third-order valence-electron chi connectivity index (χ3n) is 8.27. The predicted octanol–water partition coefficient (Wildman–Crippen LogP) is 1.04. The molecule has 4 heterocycles. The molecular weight excluding hydrogens is 416 g/mol. The highest BCUT2D eigenvalue weighted by Gasteiger charge is 2.31. The van der Waals surface area contributed by atoms with E-state index < -0.39 is 0 Å². The molecule has 33 heavy (non-hydrogen) atoms. The summed E-state index contributed by atoms with van der Waals surface area (Å²) in [7, 11) is 0. The van der Waals surface area contributed by atoms with Gasteiger partial charge in [0.25, 0.3) is 5.91 Å². The summed E-state index contributed by atoms with van der Waals surface area (Å²) in [5.74, 6) is 0.435. The molecule has 1 aliphatic carbocycles. The van der Waals surface area contributed by atoms with Crippen LogP contribution in [0.5, 0.6) is 0 Å². The molecule has 2 amide bonds. The molecule has 8 heteroatoms. The number of hydrogen-bond donors (Lipinski definition) is 0. The normalized spacial score (nSPS) is 28.5. The van der Waals surface area contributed by atoms with Crippen LogP contribution >= 0.6 is 0 Å². The minimum Gasteiger partial charge on any atom is -0.339 e. The number of aliphatic imine (C=N–C) groups is 1. The van der Waals surface area contributed by atoms with Crippen LogP contribution in [-0.4, -0.2) is 127 Å². The average molecular weight is 457 g/mol. The Morgan fingerprint density at radius 2 is 1.48 bits per heavy atom. The van der Waals surface area contributed by atoms with Crippen LogP contribution < -0.4 is 0 Å². The van der Waals surface area contributed by atoms with Crippen molar-refractivity contribution in [3.05, 3.63) is 11.6 Å². The van der Waals surface area contributed by atoms with E-state index in [-0.39, 0.29) is 18.0 Å². The molecular formula is C25H40N6O2. The highest BCUT2D eigenvalue weighted by Crippen LogP contribution is 2.25. The minimum absolute atomic E-state index is 0.125. The van der Waals surface area contributed by atoms with Crippen LogP contribution in [0.3, 0.4) is 0 Å². The Bertz CT molecular complexity index is 757. The zero-order valence-corrected chi connectivity index (χ0v) is 20.0. The van der Waals surface area contributed by atoms with Gasteiger partial charge in [-0.15, -0.1) is 0 Å². The molecule has 0 aromatic rings. The Balaban J connectivity index is 1.02. The fraction of sp³-hybridized carbons (Fsp3) is 0.800. The lowest BCUT2D eigenvalue weighted by Gasteiger charge is -2.43. The number of likely N-dealkylation sites (tertiary alicyclic amines) is 1. The fourth-order valence-corrected chi connectivity index (χ4v) is 5.78. The Morgan fingerprint density at radius 3 is 2.09 bits per heavy atom. The third-order valence-corrected chi connectivity index (χ3v) is 8.27. The molecule has 1 saturated carbocycles. The number of amides is 2. The van der Waals surface area contributed by atoms with Crippen molar-refractivity contribution < 1.29 is 9.59 Å². The molecule has 4 aliphatic heterocycles. The van der Waals surface area contributed by atoms with Crippen LogP contribution in [0.25, 0.3) is 0 Å². The van der Waals surface area contributed by atoms with Crippen LogP contribution in [0, 0.1) is 0 Å². The Morgan fingerprint density at radius 1 is 0.788 bits per heavy atom. The van der Waals surface area contributed by atoms with Crippen molar-refractivity contribution in [3.63, 3.8) is 0 Å². The maximum absolute atomic E-state index is 12.8. The van der Waals surface area contributed by atoms with Gasteiger partial charge < -0.3 is 9.80 Å². The zero-order valence-electron chi connectivity index (χ0n) is 20.0. The van der Waals surface area contributed by atoms with Crippen molar-refractivity contribution in [1.29, 1.82) is 0 Å². The quantitative estimate of drug-likeness (QED) is 0.619. The molecule has 4 fully saturated rings. The van der Waals surface area contributed by atoms with E-state index >= 15 is 0 Å². The molecule has 8 nitrogen and oxygen atoms in total. The summed E-state index contributed by atoms with van der Waals surface area (Å²) >= 11 is 0. The summed E-state index contributed by atoms with van der Waals surface area (Å²) < 4.78 is 0. The van der Waals surface area contributed by atoms with E-state index in [1.54, 1.807) is 6.21 Å². The lowest BCUT2D eigenvalue weighted by atomic mass is 9.91. The minimum atomic E-state index is 0.125. The second-order valence-corrected chi connectivity index (χ2v) is 10.3. The van der Waals surface area contributed by atoms with Crippen LogP contribution in [0.4, 0.5) is 0 Å². The van der Waals surface area contributed by atoms with E-state index in [1.807, 2.05) is 4.90 Å².